The van der Waals surface area contributed by atoms with Gasteiger partial charge in [0.25, 0.3) is 5.56 Å². The van der Waals surface area contributed by atoms with Crippen LogP contribution in [0, 0.1) is 4.77 Å². The van der Waals surface area contributed by atoms with E-state index in [2.05, 4.69) is 11.5 Å². The minimum atomic E-state index is -0.0386. The summed E-state index contributed by atoms with van der Waals surface area (Å²) >= 11 is 13.4. The second-order valence-corrected chi connectivity index (χ2v) is 9.20. The van der Waals surface area contributed by atoms with Crippen molar-refractivity contribution in [1.82, 2.24) is 23.6 Å². The molecular formula is C21H22ClN5OS2. The zero-order valence-electron chi connectivity index (χ0n) is 16.6. The summed E-state index contributed by atoms with van der Waals surface area (Å²) in [6, 6.07) is 11.5. The molecule has 3 heterocycles. The van der Waals surface area contributed by atoms with Crippen LogP contribution >= 0.6 is 35.2 Å². The van der Waals surface area contributed by atoms with Crippen LogP contribution in [0.4, 0.5) is 0 Å². The highest BCUT2D eigenvalue weighted by Gasteiger charge is 2.17. The number of halogens is 1. The number of para-hydroxylation sites is 1. The SMILES string of the molecule is C=CCN(Cc1ccc(Cl)s1)Cn1nc2n(CCC)c(=O)c3ccccc3n2c1=S. The third kappa shape index (κ3) is 3.88. The van der Waals surface area contributed by atoms with Crippen LogP contribution in [0.15, 0.2) is 53.8 Å². The predicted octanol–water partition coefficient (Wildman–Crippen LogP) is 4.95. The topological polar surface area (TPSA) is 47.5 Å². The van der Waals surface area contributed by atoms with Gasteiger partial charge in [0.05, 0.1) is 21.9 Å². The molecule has 0 aliphatic carbocycles. The molecule has 4 rings (SSSR count). The van der Waals surface area contributed by atoms with Crippen LogP contribution in [-0.4, -0.2) is 30.2 Å². The first-order valence-corrected chi connectivity index (χ1v) is 11.3. The molecule has 0 bridgehead atoms. The molecule has 0 saturated carbocycles. The fourth-order valence-electron chi connectivity index (χ4n) is 3.59. The maximum absolute atomic E-state index is 13.1. The summed E-state index contributed by atoms with van der Waals surface area (Å²) in [5.74, 6) is 0.572. The Bertz CT molecular complexity index is 1330. The van der Waals surface area contributed by atoms with Crippen molar-refractivity contribution in [3.05, 3.63) is 73.4 Å². The van der Waals surface area contributed by atoms with E-state index in [4.69, 9.17) is 28.9 Å². The number of benzene rings is 1. The van der Waals surface area contributed by atoms with Crippen molar-refractivity contribution in [3.63, 3.8) is 0 Å². The van der Waals surface area contributed by atoms with Gasteiger partial charge in [0.1, 0.15) is 0 Å². The highest BCUT2D eigenvalue weighted by Crippen LogP contribution is 2.23. The van der Waals surface area contributed by atoms with Gasteiger partial charge in [-0.1, -0.05) is 36.7 Å². The van der Waals surface area contributed by atoms with Gasteiger partial charge in [0.15, 0.2) is 0 Å². The van der Waals surface area contributed by atoms with Gasteiger partial charge in [-0.2, -0.15) is 0 Å². The van der Waals surface area contributed by atoms with E-state index in [1.54, 1.807) is 20.6 Å². The van der Waals surface area contributed by atoms with Gasteiger partial charge in [-0.05, 0) is 42.9 Å². The highest BCUT2D eigenvalue weighted by atomic mass is 35.5. The largest absolute Gasteiger partial charge is 0.276 e. The molecule has 0 aliphatic heterocycles. The second kappa shape index (κ2) is 8.85. The van der Waals surface area contributed by atoms with Gasteiger partial charge in [-0.25, -0.2) is 4.68 Å². The van der Waals surface area contributed by atoms with Crippen LogP contribution in [0.25, 0.3) is 16.7 Å². The van der Waals surface area contributed by atoms with Gasteiger partial charge in [0, 0.05) is 24.5 Å². The number of hydrogen-bond donors (Lipinski definition) is 0. The number of thiophene rings is 1. The van der Waals surface area contributed by atoms with Crippen LogP contribution in [0.1, 0.15) is 18.2 Å². The number of nitrogens with zero attached hydrogens (tertiary/aromatic N) is 5. The van der Waals surface area contributed by atoms with E-state index < -0.39 is 0 Å². The number of aryl methyl sites for hydroxylation is 1. The molecule has 30 heavy (non-hydrogen) atoms. The van der Waals surface area contributed by atoms with Crippen LogP contribution in [0.2, 0.25) is 4.34 Å². The third-order valence-corrected chi connectivity index (χ3v) is 6.47. The molecule has 9 heteroatoms. The second-order valence-electron chi connectivity index (χ2n) is 7.04. The molecule has 1 aromatic carbocycles. The number of aromatic nitrogens is 4. The molecule has 0 unspecified atom stereocenters. The Morgan fingerprint density at radius 1 is 1.30 bits per heavy atom. The normalized spacial score (nSPS) is 11.7. The average molecular weight is 460 g/mol. The van der Waals surface area contributed by atoms with Crippen molar-refractivity contribution >= 4 is 51.8 Å². The maximum atomic E-state index is 13.1. The summed E-state index contributed by atoms with van der Waals surface area (Å²) in [5, 5.41) is 5.39. The summed E-state index contributed by atoms with van der Waals surface area (Å²) in [4.78, 5) is 16.4. The van der Waals surface area contributed by atoms with Crippen LogP contribution < -0.4 is 5.56 Å². The summed E-state index contributed by atoms with van der Waals surface area (Å²) < 4.78 is 6.72. The van der Waals surface area contributed by atoms with Gasteiger partial charge in [-0.15, -0.1) is 23.0 Å². The fourth-order valence-corrected chi connectivity index (χ4v) is 4.99. The summed E-state index contributed by atoms with van der Waals surface area (Å²) in [6.45, 7) is 8.37. The standard InChI is InChI=1S/C21H22ClN5OS2/c1-3-11-24(13-15-9-10-18(22)30-15)14-26-21(29)27-17-8-6-5-7-16(17)19(28)25(12-4-2)20(27)23-26/h3,5-10H,1,4,11-14H2,2H3. The van der Waals surface area contributed by atoms with Crippen molar-refractivity contribution in [2.24, 2.45) is 0 Å². The molecular weight excluding hydrogens is 438 g/mol. The van der Waals surface area contributed by atoms with Crippen LogP contribution in [0.5, 0.6) is 0 Å². The lowest BCUT2D eigenvalue weighted by Crippen LogP contribution is -2.26. The lowest BCUT2D eigenvalue weighted by molar-refractivity contribution is 0.221. The number of fused-ring (bicyclic) bond motifs is 3. The van der Waals surface area contributed by atoms with Gasteiger partial charge < -0.3 is 0 Å². The van der Waals surface area contributed by atoms with Crippen molar-refractivity contribution in [2.75, 3.05) is 6.54 Å². The zero-order valence-corrected chi connectivity index (χ0v) is 19.0. The first-order chi connectivity index (χ1) is 14.5. The van der Waals surface area contributed by atoms with Gasteiger partial charge in [-0.3, -0.25) is 18.7 Å². The van der Waals surface area contributed by atoms with Crippen molar-refractivity contribution in [2.45, 2.75) is 33.1 Å². The minimum Gasteiger partial charge on any atom is -0.276 e. The van der Waals surface area contributed by atoms with Gasteiger partial charge in [0.2, 0.25) is 10.5 Å². The summed E-state index contributed by atoms with van der Waals surface area (Å²) in [6.07, 6.45) is 2.69. The van der Waals surface area contributed by atoms with Crippen molar-refractivity contribution in [1.29, 1.82) is 0 Å². The Morgan fingerprint density at radius 2 is 2.10 bits per heavy atom. The van der Waals surface area contributed by atoms with E-state index >= 15 is 0 Å². The van der Waals surface area contributed by atoms with Crippen LogP contribution in [-0.2, 0) is 19.8 Å². The molecule has 156 valence electrons. The fraction of sp³-hybridized carbons (Fsp3) is 0.286. The maximum Gasteiger partial charge on any atom is 0.262 e. The molecule has 0 atom stereocenters. The average Bonchev–Trinajstić information content (AvgIpc) is 3.28. The highest BCUT2D eigenvalue weighted by molar-refractivity contribution is 7.71. The van der Waals surface area contributed by atoms with Gasteiger partial charge >= 0.3 is 0 Å². The summed E-state index contributed by atoms with van der Waals surface area (Å²) in [5.41, 5.74) is 0.740. The number of hydrogen-bond acceptors (Lipinski definition) is 5. The Balaban J connectivity index is 1.83. The van der Waals surface area contributed by atoms with E-state index in [-0.39, 0.29) is 5.56 Å². The van der Waals surface area contributed by atoms with E-state index in [1.807, 2.05) is 53.8 Å². The minimum absolute atomic E-state index is 0.0386. The Hall–Kier alpha value is -2.26. The third-order valence-electron chi connectivity index (χ3n) is 4.86. The van der Waals surface area contributed by atoms with E-state index in [0.29, 0.717) is 42.2 Å². The quantitative estimate of drug-likeness (QED) is 0.276. The molecule has 0 radical (unpaired) electrons. The lowest BCUT2D eigenvalue weighted by atomic mass is 10.2. The van der Waals surface area contributed by atoms with Crippen molar-refractivity contribution in [3.8, 4) is 0 Å². The van der Waals surface area contributed by atoms with E-state index in [1.165, 1.54) is 0 Å². The molecule has 0 saturated heterocycles. The smallest absolute Gasteiger partial charge is 0.262 e. The van der Waals surface area contributed by atoms with Crippen molar-refractivity contribution < 1.29 is 0 Å². The first kappa shape index (κ1) is 21.0. The molecule has 0 amide bonds. The molecule has 4 aromatic rings. The lowest BCUT2D eigenvalue weighted by Gasteiger charge is -2.19. The predicted molar refractivity (Wildman–Crippen MR) is 126 cm³/mol. The monoisotopic (exact) mass is 459 g/mol. The zero-order chi connectivity index (χ0) is 21.3. The summed E-state index contributed by atoms with van der Waals surface area (Å²) in [7, 11) is 0. The Kier molecular flexibility index (Phi) is 6.19. The molecule has 0 spiro atoms. The Morgan fingerprint density at radius 3 is 2.80 bits per heavy atom. The van der Waals surface area contributed by atoms with Crippen LogP contribution in [0.3, 0.4) is 0 Å². The van der Waals surface area contributed by atoms with E-state index in [9.17, 15) is 4.79 Å². The molecule has 6 nitrogen and oxygen atoms in total. The number of rotatable bonds is 8. The Labute approximate surface area is 188 Å². The molecule has 0 aliphatic rings. The van der Waals surface area contributed by atoms with E-state index in [0.717, 1.165) is 21.2 Å². The molecule has 0 N–H and O–H groups in total. The molecule has 0 fully saturated rings. The molecule has 3 aromatic heterocycles. The first-order valence-electron chi connectivity index (χ1n) is 9.72.